The highest BCUT2D eigenvalue weighted by molar-refractivity contribution is 6.05. The van der Waals surface area contributed by atoms with Crippen molar-refractivity contribution in [3.8, 4) is 5.75 Å². The van der Waals surface area contributed by atoms with Crippen LogP contribution in [0.4, 0.5) is 11.4 Å². The Morgan fingerprint density at radius 3 is 2.52 bits per heavy atom. The predicted octanol–water partition coefficient (Wildman–Crippen LogP) is 4.51. The summed E-state index contributed by atoms with van der Waals surface area (Å²) in [6.07, 6.45) is 0. The lowest BCUT2D eigenvalue weighted by Crippen LogP contribution is -2.20. The summed E-state index contributed by atoms with van der Waals surface area (Å²) in [5.74, 6) is 0.189. The number of carbonyl (C=O) groups excluding carboxylic acids is 1. The van der Waals surface area contributed by atoms with E-state index in [2.05, 4.69) is 5.32 Å². The molecule has 1 N–H and O–H groups in total. The topological polar surface area (TPSA) is 94.6 Å². The lowest BCUT2D eigenvalue weighted by molar-refractivity contribution is -0.384. The van der Waals surface area contributed by atoms with Gasteiger partial charge in [0.05, 0.1) is 4.92 Å². The highest BCUT2D eigenvalue weighted by Gasteiger charge is 2.10. The average molecular weight is 362 g/mol. The second-order valence-electron chi connectivity index (χ2n) is 5.90. The Balaban J connectivity index is 1.44. The number of furan rings is 1. The highest BCUT2D eigenvalue weighted by atomic mass is 16.6. The molecule has 0 spiro atoms. The number of anilines is 1. The average Bonchev–Trinajstić information content (AvgIpc) is 3.05. The number of para-hydroxylation sites is 1. The first kappa shape index (κ1) is 16.6. The lowest BCUT2D eigenvalue weighted by Gasteiger charge is -2.07. The third-order valence-corrected chi connectivity index (χ3v) is 4.08. The Hall–Kier alpha value is -3.87. The molecule has 27 heavy (non-hydrogen) atoms. The van der Waals surface area contributed by atoms with E-state index in [1.54, 1.807) is 12.1 Å². The van der Waals surface area contributed by atoms with E-state index < -0.39 is 4.92 Å². The Morgan fingerprint density at radius 1 is 1.00 bits per heavy atom. The molecule has 0 saturated carbocycles. The molecule has 4 aromatic rings. The molecule has 3 aromatic carbocycles. The molecule has 4 rings (SSSR count). The number of nitro benzene ring substituents is 1. The number of hydrogen-bond donors (Lipinski definition) is 1. The van der Waals surface area contributed by atoms with Crippen LogP contribution in [0.3, 0.4) is 0 Å². The molecule has 0 bridgehead atoms. The van der Waals surface area contributed by atoms with Gasteiger partial charge in [0.2, 0.25) is 0 Å². The monoisotopic (exact) mass is 362 g/mol. The first-order chi connectivity index (χ1) is 13.1. The number of hydrogen-bond acceptors (Lipinski definition) is 5. The molecule has 0 atom stereocenters. The first-order valence-corrected chi connectivity index (χ1v) is 8.18. The Kier molecular flexibility index (Phi) is 4.18. The van der Waals surface area contributed by atoms with Crippen LogP contribution in [0, 0.1) is 10.1 Å². The zero-order valence-corrected chi connectivity index (χ0v) is 14.0. The van der Waals surface area contributed by atoms with Gasteiger partial charge in [-0.15, -0.1) is 0 Å². The maximum atomic E-state index is 12.0. The molecule has 1 heterocycles. The summed E-state index contributed by atoms with van der Waals surface area (Å²) in [5.41, 5.74) is 1.97. The van der Waals surface area contributed by atoms with Crippen LogP contribution < -0.4 is 10.1 Å². The normalized spacial score (nSPS) is 10.8. The Bertz CT molecular complexity index is 1150. The fourth-order valence-corrected chi connectivity index (χ4v) is 2.81. The zero-order chi connectivity index (χ0) is 18.8. The van der Waals surface area contributed by atoms with Crippen molar-refractivity contribution in [2.24, 2.45) is 0 Å². The molecule has 0 radical (unpaired) electrons. The van der Waals surface area contributed by atoms with Gasteiger partial charge in [-0.1, -0.05) is 18.2 Å². The van der Waals surface area contributed by atoms with Gasteiger partial charge in [-0.3, -0.25) is 14.9 Å². The quantitative estimate of drug-likeness (QED) is 0.416. The first-order valence-electron chi connectivity index (χ1n) is 8.18. The zero-order valence-electron chi connectivity index (χ0n) is 14.0. The lowest BCUT2D eigenvalue weighted by atomic mass is 10.1. The summed E-state index contributed by atoms with van der Waals surface area (Å²) in [6, 6.07) is 18.7. The van der Waals surface area contributed by atoms with E-state index in [9.17, 15) is 14.9 Å². The molecule has 0 aliphatic heterocycles. The van der Waals surface area contributed by atoms with Gasteiger partial charge in [-0.2, -0.15) is 0 Å². The van der Waals surface area contributed by atoms with Crippen LogP contribution in [0.25, 0.3) is 21.9 Å². The highest BCUT2D eigenvalue weighted by Crippen LogP contribution is 2.31. The third kappa shape index (κ3) is 3.43. The summed E-state index contributed by atoms with van der Waals surface area (Å²) in [6.45, 7) is -0.182. The number of non-ortho nitro benzene ring substituents is 1. The molecule has 0 aliphatic carbocycles. The molecule has 0 fully saturated rings. The third-order valence-electron chi connectivity index (χ3n) is 4.08. The molecule has 0 saturated heterocycles. The number of benzene rings is 3. The van der Waals surface area contributed by atoms with E-state index in [1.165, 1.54) is 24.3 Å². The SMILES string of the molecule is O=C(COc1ccc2oc3ccccc3c2c1)Nc1ccc([N+](=O)[O-])cc1. The summed E-state index contributed by atoms with van der Waals surface area (Å²) in [7, 11) is 0. The van der Waals surface area contributed by atoms with Crippen molar-refractivity contribution in [2.45, 2.75) is 0 Å². The fourth-order valence-electron chi connectivity index (χ4n) is 2.81. The minimum atomic E-state index is -0.496. The van der Waals surface area contributed by atoms with Gasteiger partial charge in [0.1, 0.15) is 16.9 Å². The van der Waals surface area contributed by atoms with E-state index >= 15 is 0 Å². The largest absolute Gasteiger partial charge is 0.484 e. The molecule has 7 heteroatoms. The number of ether oxygens (including phenoxy) is 1. The van der Waals surface area contributed by atoms with Crippen LogP contribution in [-0.2, 0) is 4.79 Å². The molecule has 0 unspecified atom stereocenters. The summed E-state index contributed by atoms with van der Waals surface area (Å²) < 4.78 is 11.3. The fraction of sp³-hybridized carbons (Fsp3) is 0.0500. The molecule has 134 valence electrons. The Labute approximate surface area is 153 Å². The van der Waals surface area contributed by atoms with Gasteiger partial charge < -0.3 is 14.5 Å². The van der Waals surface area contributed by atoms with Gasteiger partial charge in [-0.25, -0.2) is 0 Å². The number of nitrogens with one attached hydrogen (secondary N) is 1. The van der Waals surface area contributed by atoms with Crippen molar-refractivity contribution < 1.29 is 18.9 Å². The van der Waals surface area contributed by atoms with Gasteiger partial charge in [-0.05, 0) is 36.4 Å². The molecule has 7 nitrogen and oxygen atoms in total. The van der Waals surface area contributed by atoms with Crippen molar-refractivity contribution in [2.75, 3.05) is 11.9 Å². The van der Waals surface area contributed by atoms with Crippen molar-refractivity contribution in [1.29, 1.82) is 0 Å². The number of rotatable bonds is 5. The Morgan fingerprint density at radius 2 is 1.74 bits per heavy atom. The predicted molar refractivity (Wildman–Crippen MR) is 101 cm³/mol. The smallest absolute Gasteiger partial charge is 0.269 e. The van der Waals surface area contributed by atoms with Crippen molar-refractivity contribution in [3.63, 3.8) is 0 Å². The van der Waals surface area contributed by atoms with E-state index in [1.807, 2.05) is 30.3 Å². The van der Waals surface area contributed by atoms with Crippen molar-refractivity contribution in [1.82, 2.24) is 0 Å². The molecule has 1 amide bonds. The second kappa shape index (κ2) is 6.80. The maximum Gasteiger partial charge on any atom is 0.269 e. The minimum absolute atomic E-state index is 0.0371. The number of carbonyl (C=O) groups is 1. The summed E-state index contributed by atoms with van der Waals surface area (Å²) in [5, 5.41) is 15.2. The standard InChI is InChI=1S/C20H14N2O5/c23-20(21-13-5-7-14(8-6-13)22(24)25)12-26-15-9-10-19-17(11-15)16-3-1-2-4-18(16)27-19/h1-11H,12H2,(H,21,23). The summed E-state index contributed by atoms with van der Waals surface area (Å²) >= 11 is 0. The van der Waals surface area contributed by atoms with Gasteiger partial charge in [0.25, 0.3) is 11.6 Å². The van der Waals surface area contributed by atoms with E-state index in [4.69, 9.17) is 9.15 Å². The number of nitrogens with zero attached hydrogens (tertiary/aromatic N) is 1. The van der Waals surface area contributed by atoms with Gasteiger partial charge in [0, 0.05) is 28.6 Å². The van der Waals surface area contributed by atoms with E-state index in [0.29, 0.717) is 11.4 Å². The van der Waals surface area contributed by atoms with Crippen LogP contribution in [0.2, 0.25) is 0 Å². The number of fused-ring (bicyclic) bond motifs is 3. The van der Waals surface area contributed by atoms with Gasteiger partial charge in [0.15, 0.2) is 6.61 Å². The van der Waals surface area contributed by atoms with Crippen molar-refractivity contribution in [3.05, 3.63) is 76.8 Å². The number of nitro groups is 1. The minimum Gasteiger partial charge on any atom is -0.484 e. The van der Waals surface area contributed by atoms with Crippen LogP contribution in [0.1, 0.15) is 0 Å². The van der Waals surface area contributed by atoms with E-state index in [0.717, 1.165) is 21.9 Å². The van der Waals surface area contributed by atoms with E-state index in [-0.39, 0.29) is 18.2 Å². The van der Waals surface area contributed by atoms with Crippen LogP contribution >= 0.6 is 0 Å². The van der Waals surface area contributed by atoms with Crippen LogP contribution in [-0.4, -0.2) is 17.4 Å². The molecular formula is C20H14N2O5. The second-order valence-corrected chi connectivity index (χ2v) is 5.90. The maximum absolute atomic E-state index is 12.0. The van der Waals surface area contributed by atoms with Gasteiger partial charge >= 0.3 is 0 Å². The van der Waals surface area contributed by atoms with Crippen LogP contribution in [0.15, 0.2) is 71.1 Å². The molecular weight excluding hydrogens is 348 g/mol. The molecule has 0 aliphatic rings. The molecule has 1 aromatic heterocycles. The van der Waals surface area contributed by atoms with Crippen molar-refractivity contribution >= 4 is 39.2 Å². The van der Waals surface area contributed by atoms with Crippen LogP contribution in [0.5, 0.6) is 5.75 Å². The number of amides is 1. The summed E-state index contributed by atoms with van der Waals surface area (Å²) in [4.78, 5) is 22.2.